The van der Waals surface area contributed by atoms with Crippen molar-refractivity contribution >= 4 is 28.8 Å². The molecule has 8 heteroatoms. The standard InChI is InChI=1S/C13H13ClN4O3/c14-12-7-10(18(19)20)8-16-13(12)17-9-2-1-3-11(6-9)21-5-4-15/h1-3,6-8H,4-5,15H2,(H,16,17). The summed E-state index contributed by atoms with van der Waals surface area (Å²) in [6, 6.07) is 8.40. The van der Waals surface area contributed by atoms with E-state index in [9.17, 15) is 10.1 Å². The third kappa shape index (κ3) is 4.04. The first-order valence-electron chi connectivity index (χ1n) is 6.10. The molecule has 1 aromatic heterocycles. The van der Waals surface area contributed by atoms with Crippen LogP contribution in [0.5, 0.6) is 5.75 Å². The maximum atomic E-state index is 10.6. The molecule has 0 atom stereocenters. The molecule has 21 heavy (non-hydrogen) atoms. The quantitative estimate of drug-likeness (QED) is 0.628. The Balaban J connectivity index is 2.16. The Morgan fingerprint density at radius 2 is 2.24 bits per heavy atom. The molecule has 0 aliphatic carbocycles. The highest BCUT2D eigenvalue weighted by molar-refractivity contribution is 6.33. The number of hydrogen-bond donors (Lipinski definition) is 2. The molecular weight excluding hydrogens is 296 g/mol. The van der Waals surface area contributed by atoms with E-state index in [0.717, 1.165) is 6.20 Å². The van der Waals surface area contributed by atoms with Gasteiger partial charge in [0.2, 0.25) is 0 Å². The van der Waals surface area contributed by atoms with Crippen molar-refractivity contribution in [2.75, 3.05) is 18.5 Å². The highest BCUT2D eigenvalue weighted by atomic mass is 35.5. The number of pyridine rings is 1. The average Bonchev–Trinajstić information content (AvgIpc) is 2.47. The van der Waals surface area contributed by atoms with Gasteiger partial charge in [-0.3, -0.25) is 10.1 Å². The fourth-order valence-electron chi connectivity index (χ4n) is 1.60. The van der Waals surface area contributed by atoms with Gasteiger partial charge in [-0.15, -0.1) is 0 Å². The lowest BCUT2D eigenvalue weighted by molar-refractivity contribution is -0.385. The summed E-state index contributed by atoms with van der Waals surface area (Å²) in [4.78, 5) is 14.0. The first-order valence-corrected chi connectivity index (χ1v) is 6.48. The lowest BCUT2D eigenvalue weighted by Crippen LogP contribution is -2.10. The van der Waals surface area contributed by atoms with Gasteiger partial charge in [-0.1, -0.05) is 17.7 Å². The number of nitro groups is 1. The molecule has 1 aromatic carbocycles. The highest BCUT2D eigenvalue weighted by Crippen LogP contribution is 2.27. The summed E-state index contributed by atoms with van der Waals surface area (Å²) in [5, 5.41) is 13.8. The highest BCUT2D eigenvalue weighted by Gasteiger charge is 2.11. The summed E-state index contributed by atoms with van der Waals surface area (Å²) in [5.41, 5.74) is 5.91. The number of nitrogens with one attached hydrogen (secondary N) is 1. The van der Waals surface area contributed by atoms with E-state index in [2.05, 4.69) is 10.3 Å². The lowest BCUT2D eigenvalue weighted by atomic mass is 10.3. The molecule has 0 saturated carbocycles. The number of ether oxygens (including phenoxy) is 1. The van der Waals surface area contributed by atoms with Crippen LogP contribution in [0.1, 0.15) is 0 Å². The van der Waals surface area contributed by atoms with Crippen molar-refractivity contribution in [1.29, 1.82) is 0 Å². The molecular formula is C13H13ClN4O3. The summed E-state index contributed by atoms with van der Waals surface area (Å²) >= 11 is 5.97. The zero-order chi connectivity index (χ0) is 15.2. The van der Waals surface area contributed by atoms with Gasteiger partial charge in [0, 0.05) is 24.4 Å². The van der Waals surface area contributed by atoms with Crippen molar-refractivity contribution in [3.8, 4) is 5.75 Å². The van der Waals surface area contributed by atoms with E-state index in [1.165, 1.54) is 6.07 Å². The third-order valence-electron chi connectivity index (χ3n) is 2.52. The Kier molecular flexibility index (Phi) is 4.91. The Morgan fingerprint density at radius 1 is 1.43 bits per heavy atom. The summed E-state index contributed by atoms with van der Waals surface area (Å²) in [5.74, 6) is 0.988. The Hall–Kier alpha value is -2.38. The molecule has 0 fully saturated rings. The topological polar surface area (TPSA) is 103 Å². The second-order valence-corrected chi connectivity index (χ2v) is 4.48. The largest absolute Gasteiger partial charge is 0.492 e. The zero-order valence-corrected chi connectivity index (χ0v) is 11.7. The number of nitrogens with zero attached hydrogens (tertiary/aromatic N) is 2. The van der Waals surface area contributed by atoms with Crippen LogP contribution in [0, 0.1) is 10.1 Å². The Labute approximate surface area is 125 Å². The van der Waals surface area contributed by atoms with Crippen molar-refractivity contribution in [1.82, 2.24) is 4.98 Å². The van der Waals surface area contributed by atoms with Crippen LogP contribution in [0.4, 0.5) is 17.2 Å². The van der Waals surface area contributed by atoms with Crippen LogP contribution in [-0.4, -0.2) is 23.1 Å². The van der Waals surface area contributed by atoms with E-state index in [1.807, 2.05) is 0 Å². The second kappa shape index (κ2) is 6.87. The molecule has 2 aromatic rings. The van der Waals surface area contributed by atoms with E-state index in [1.54, 1.807) is 24.3 Å². The van der Waals surface area contributed by atoms with Gasteiger partial charge in [-0.2, -0.15) is 0 Å². The molecule has 0 aliphatic heterocycles. The van der Waals surface area contributed by atoms with Gasteiger partial charge in [0.25, 0.3) is 5.69 Å². The molecule has 0 saturated heterocycles. The van der Waals surface area contributed by atoms with E-state index in [0.29, 0.717) is 30.4 Å². The average molecular weight is 309 g/mol. The van der Waals surface area contributed by atoms with E-state index in [-0.39, 0.29) is 10.7 Å². The van der Waals surface area contributed by atoms with Crippen molar-refractivity contribution in [2.45, 2.75) is 0 Å². The number of hydrogen-bond acceptors (Lipinski definition) is 6. The molecule has 2 rings (SSSR count). The number of nitrogens with two attached hydrogens (primary N) is 1. The van der Waals surface area contributed by atoms with Crippen molar-refractivity contribution in [3.63, 3.8) is 0 Å². The molecule has 3 N–H and O–H groups in total. The summed E-state index contributed by atoms with van der Waals surface area (Å²) in [6.45, 7) is 0.841. The number of benzene rings is 1. The minimum absolute atomic E-state index is 0.162. The monoisotopic (exact) mass is 308 g/mol. The van der Waals surface area contributed by atoms with Crippen LogP contribution in [-0.2, 0) is 0 Å². The van der Waals surface area contributed by atoms with Crippen LogP contribution in [0.3, 0.4) is 0 Å². The molecule has 0 unspecified atom stereocenters. The SMILES string of the molecule is NCCOc1cccc(Nc2ncc([N+](=O)[O-])cc2Cl)c1. The van der Waals surface area contributed by atoms with E-state index < -0.39 is 4.92 Å². The minimum atomic E-state index is -0.552. The van der Waals surface area contributed by atoms with Gasteiger partial charge < -0.3 is 15.8 Å². The zero-order valence-electron chi connectivity index (χ0n) is 11.0. The smallest absolute Gasteiger partial charge is 0.289 e. The minimum Gasteiger partial charge on any atom is -0.492 e. The predicted molar refractivity (Wildman–Crippen MR) is 80.2 cm³/mol. The third-order valence-corrected chi connectivity index (χ3v) is 2.81. The molecule has 1 heterocycles. The first kappa shape index (κ1) is 15.0. The van der Waals surface area contributed by atoms with Crippen molar-refractivity contribution in [2.24, 2.45) is 5.73 Å². The van der Waals surface area contributed by atoms with Gasteiger partial charge in [-0.05, 0) is 12.1 Å². The molecule has 0 radical (unpaired) electrons. The van der Waals surface area contributed by atoms with Gasteiger partial charge in [0.1, 0.15) is 24.4 Å². The number of rotatable bonds is 6. The lowest BCUT2D eigenvalue weighted by Gasteiger charge is -2.09. The Bertz CT molecular complexity index is 651. The van der Waals surface area contributed by atoms with Crippen LogP contribution in [0.15, 0.2) is 36.5 Å². The van der Waals surface area contributed by atoms with E-state index >= 15 is 0 Å². The van der Waals surface area contributed by atoms with Crippen LogP contribution >= 0.6 is 11.6 Å². The van der Waals surface area contributed by atoms with Crippen LogP contribution in [0.25, 0.3) is 0 Å². The van der Waals surface area contributed by atoms with E-state index in [4.69, 9.17) is 22.1 Å². The predicted octanol–water partition coefficient (Wildman–Crippen LogP) is 2.72. The van der Waals surface area contributed by atoms with Gasteiger partial charge in [0.05, 0.1) is 9.95 Å². The molecule has 110 valence electrons. The molecule has 0 amide bonds. The number of anilines is 2. The maximum Gasteiger partial charge on any atom is 0.289 e. The summed E-state index contributed by atoms with van der Waals surface area (Å²) in [7, 11) is 0. The van der Waals surface area contributed by atoms with Gasteiger partial charge >= 0.3 is 0 Å². The normalized spacial score (nSPS) is 10.2. The molecule has 7 nitrogen and oxygen atoms in total. The second-order valence-electron chi connectivity index (χ2n) is 4.07. The van der Waals surface area contributed by atoms with Crippen LogP contribution < -0.4 is 15.8 Å². The van der Waals surface area contributed by atoms with Crippen molar-refractivity contribution < 1.29 is 9.66 Å². The summed E-state index contributed by atoms with van der Waals surface area (Å²) < 4.78 is 5.41. The molecule has 0 bridgehead atoms. The number of aromatic nitrogens is 1. The molecule has 0 aliphatic rings. The fraction of sp³-hybridized carbons (Fsp3) is 0.154. The van der Waals surface area contributed by atoms with Crippen molar-refractivity contribution in [3.05, 3.63) is 51.7 Å². The van der Waals surface area contributed by atoms with Gasteiger partial charge in [-0.25, -0.2) is 4.98 Å². The fourth-order valence-corrected chi connectivity index (χ4v) is 1.80. The van der Waals surface area contributed by atoms with Gasteiger partial charge in [0.15, 0.2) is 0 Å². The van der Waals surface area contributed by atoms with Crippen LogP contribution in [0.2, 0.25) is 5.02 Å². The maximum absolute atomic E-state index is 10.6. The summed E-state index contributed by atoms with van der Waals surface area (Å²) in [6.07, 6.45) is 1.14. The number of halogens is 1. The first-order chi connectivity index (χ1) is 10.1. The Morgan fingerprint density at radius 3 is 2.90 bits per heavy atom. The molecule has 0 spiro atoms.